The van der Waals surface area contributed by atoms with E-state index in [9.17, 15) is 0 Å². The molecule has 94 valence electrons. The average molecular weight is 241 g/mol. The second-order valence-electron chi connectivity index (χ2n) is 4.63. The van der Waals surface area contributed by atoms with Crippen LogP contribution in [0.4, 0.5) is 0 Å². The molecule has 0 fully saturated rings. The lowest BCUT2D eigenvalue weighted by atomic mass is 10.0. The van der Waals surface area contributed by atoms with E-state index in [2.05, 4.69) is 52.9 Å². The molecule has 0 aliphatic carbocycles. The number of hydrogen-bond donors (Lipinski definition) is 2. The molecule has 0 spiro atoms. The Morgan fingerprint density at radius 2 is 1.89 bits per heavy atom. The third-order valence-electron chi connectivity index (χ3n) is 2.82. The van der Waals surface area contributed by atoms with Gasteiger partial charge in [0.2, 0.25) is 0 Å². The lowest BCUT2D eigenvalue weighted by Gasteiger charge is -2.10. The van der Waals surface area contributed by atoms with Crippen LogP contribution < -0.4 is 11.3 Å². The minimum atomic E-state index is 0.242. The van der Waals surface area contributed by atoms with Crippen LogP contribution in [0.3, 0.4) is 0 Å². The second kappa shape index (κ2) is 5.65. The number of rotatable bonds is 3. The standard InChI is InChI=1S/C15H19N3/c1-11(2)17-15(18-16)10-13-8-5-7-12-6-3-4-9-14(12)13/h3-9,11H,10,16H2,1-2H3,(H,17,18). The van der Waals surface area contributed by atoms with Crippen LogP contribution in [0.5, 0.6) is 0 Å². The Labute approximate surface area is 108 Å². The molecule has 0 aliphatic rings. The van der Waals surface area contributed by atoms with E-state index >= 15 is 0 Å². The molecule has 0 saturated carbocycles. The first kappa shape index (κ1) is 12.6. The fraction of sp³-hybridized carbons (Fsp3) is 0.267. The van der Waals surface area contributed by atoms with Crippen LogP contribution in [0.2, 0.25) is 0 Å². The molecule has 0 unspecified atom stereocenters. The van der Waals surface area contributed by atoms with E-state index in [0.717, 1.165) is 12.3 Å². The largest absolute Gasteiger partial charge is 0.312 e. The van der Waals surface area contributed by atoms with Gasteiger partial charge in [-0.2, -0.15) is 0 Å². The summed E-state index contributed by atoms with van der Waals surface area (Å²) in [6, 6.07) is 14.9. The monoisotopic (exact) mass is 241 g/mol. The topological polar surface area (TPSA) is 50.4 Å². The van der Waals surface area contributed by atoms with E-state index in [-0.39, 0.29) is 6.04 Å². The fourth-order valence-electron chi connectivity index (χ4n) is 2.07. The van der Waals surface area contributed by atoms with Crippen LogP contribution in [0.1, 0.15) is 19.4 Å². The van der Waals surface area contributed by atoms with Crippen molar-refractivity contribution in [2.75, 3.05) is 0 Å². The Balaban J connectivity index is 2.37. The minimum Gasteiger partial charge on any atom is -0.312 e. The SMILES string of the molecule is CC(C)N=C(Cc1cccc2ccccc12)NN. The van der Waals surface area contributed by atoms with E-state index in [1.165, 1.54) is 16.3 Å². The van der Waals surface area contributed by atoms with Crippen molar-refractivity contribution in [2.24, 2.45) is 10.8 Å². The number of benzene rings is 2. The summed E-state index contributed by atoms with van der Waals surface area (Å²) >= 11 is 0. The van der Waals surface area contributed by atoms with Gasteiger partial charge in [-0.15, -0.1) is 0 Å². The molecule has 18 heavy (non-hydrogen) atoms. The molecule has 0 heterocycles. The molecule has 0 saturated heterocycles. The molecule has 2 aromatic carbocycles. The zero-order chi connectivity index (χ0) is 13.0. The van der Waals surface area contributed by atoms with Crippen molar-refractivity contribution < 1.29 is 0 Å². The first-order valence-electron chi connectivity index (χ1n) is 6.20. The van der Waals surface area contributed by atoms with Gasteiger partial charge in [0.15, 0.2) is 0 Å². The predicted molar refractivity (Wildman–Crippen MR) is 77.5 cm³/mol. The van der Waals surface area contributed by atoms with Gasteiger partial charge in [0, 0.05) is 12.5 Å². The molecule has 0 aliphatic heterocycles. The van der Waals surface area contributed by atoms with Gasteiger partial charge in [-0.25, -0.2) is 5.84 Å². The molecule has 3 heteroatoms. The normalized spacial score (nSPS) is 12.1. The van der Waals surface area contributed by atoms with E-state index < -0.39 is 0 Å². The molecule has 2 rings (SSSR count). The van der Waals surface area contributed by atoms with Crippen LogP contribution in [-0.2, 0) is 6.42 Å². The second-order valence-corrected chi connectivity index (χ2v) is 4.63. The highest BCUT2D eigenvalue weighted by atomic mass is 15.2. The molecule has 3 N–H and O–H groups in total. The number of hydrazine groups is 1. The number of nitrogens with zero attached hydrogens (tertiary/aromatic N) is 1. The summed E-state index contributed by atoms with van der Waals surface area (Å²) < 4.78 is 0. The first-order chi connectivity index (χ1) is 8.70. The van der Waals surface area contributed by atoms with Gasteiger partial charge in [-0.3, -0.25) is 4.99 Å². The average Bonchev–Trinajstić information content (AvgIpc) is 2.38. The Bertz CT molecular complexity index is 553. The van der Waals surface area contributed by atoms with Crippen molar-refractivity contribution in [1.29, 1.82) is 0 Å². The molecular formula is C15H19N3. The third kappa shape index (κ3) is 2.87. The van der Waals surface area contributed by atoms with Crippen molar-refractivity contribution in [2.45, 2.75) is 26.3 Å². The Morgan fingerprint density at radius 3 is 2.61 bits per heavy atom. The fourth-order valence-corrected chi connectivity index (χ4v) is 2.07. The maximum absolute atomic E-state index is 5.53. The lowest BCUT2D eigenvalue weighted by Crippen LogP contribution is -2.32. The minimum absolute atomic E-state index is 0.242. The van der Waals surface area contributed by atoms with Gasteiger partial charge in [-0.05, 0) is 30.2 Å². The Hall–Kier alpha value is -1.87. The maximum Gasteiger partial charge on any atom is 0.115 e. The first-order valence-corrected chi connectivity index (χ1v) is 6.20. The summed E-state index contributed by atoms with van der Waals surface area (Å²) in [7, 11) is 0. The smallest absolute Gasteiger partial charge is 0.115 e. The zero-order valence-electron chi connectivity index (χ0n) is 10.9. The number of fused-ring (bicyclic) bond motifs is 1. The maximum atomic E-state index is 5.53. The predicted octanol–water partition coefficient (Wildman–Crippen LogP) is 2.65. The Morgan fingerprint density at radius 1 is 1.17 bits per heavy atom. The summed E-state index contributed by atoms with van der Waals surface area (Å²) in [5, 5.41) is 2.50. The highest BCUT2D eigenvalue weighted by Crippen LogP contribution is 2.19. The van der Waals surface area contributed by atoms with Crippen molar-refractivity contribution in [3.8, 4) is 0 Å². The summed E-state index contributed by atoms with van der Waals surface area (Å²) in [6.07, 6.45) is 0.732. The summed E-state index contributed by atoms with van der Waals surface area (Å²) in [5.74, 6) is 6.35. The number of aliphatic imine (C=N–C) groups is 1. The quantitative estimate of drug-likeness (QED) is 0.375. The molecule has 0 radical (unpaired) electrons. The number of hydrogen-bond acceptors (Lipinski definition) is 2. The van der Waals surface area contributed by atoms with Crippen molar-refractivity contribution in [3.05, 3.63) is 48.0 Å². The molecule has 0 atom stereocenters. The molecule has 0 bridgehead atoms. The summed E-state index contributed by atoms with van der Waals surface area (Å²) in [4.78, 5) is 4.48. The number of nitrogens with one attached hydrogen (secondary N) is 1. The third-order valence-corrected chi connectivity index (χ3v) is 2.82. The molecular weight excluding hydrogens is 222 g/mol. The van der Waals surface area contributed by atoms with E-state index in [0.29, 0.717) is 0 Å². The van der Waals surface area contributed by atoms with Gasteiger partial charge in [-0.1, -0.05) is 42.5 Å². The van der Waals surface area contributed by atoms with Crippen LogP contribution in [0.15, 0.2) is 47.5 Å². The van der Waals surface area contributed by atoms with Gasteiger partial charge in [0.25, 0.3) is 0 Å². The van der Waals surface area contributed by atoms with Gasteiger partial charge >= 0.3 is 0 Å². The van der Waals surface area contributed by atoms with Crippen molar-refractivity contribution in [3.63, 3.8) is 0 Å². The van der Waals surface area contributed by atoms with Gasteiger partial charge in [0.05, 0.1) is 0 Å². The number of nitrogens with two attached hydrogens (primary N) is 1. The highest BCUT2D eigenvalue weighted by molar-refractivity contribution is 5.92. The van der Waals surface area contributed by atoms with Crippen LogP contribution in [0, 0.1) is 0 Å². The number of amidine groups is 1. The zero-order valence-corrected chi connectivity index (χ0v) is 10.9. The van der Waals surface area contributed by atoms with Gasteiger partial charge in [0.1, 0.15) is 5.84 Å². The summed E-state index contributed by atoms with van der Waals surface area (Å²) in [5.41, 5.74) is 3.94. The van der Waals surface area contributed by atoms with E-state index in [4.69, 9.17) is 5.84 Å². The Kier molecular flexibility index (Phi) is 3.95. The molecule has 0 aromatic heterocycles. The van der Waals surface area contributed by atoms with Crippen molar-refractivity contribution in [1.82, 2.24) is 5.43 Å². The molecule has 3 nitrogen and oxygen atoms in total. The van der Waals surface area contributed by atoms with Crippen LogP contribution in [0.25, 0.3) is 10.8 Å². The van der Waals surface area contributed by atoms with Gasteiger partial charge < -0.3 is 5.43 Å². The van der Waals surface area contributed by atoms with E-state index in [1.807, 2.05) is 13.8 Å². The van der Waals surface area contributed by atoms with Crippen LogP contribution in [-0.4, -0.2) is 11.9 Å². The van der Waals surface area contributed by atoms with Crippen LogP contribution >= 0.6 is 0 Å². The summed E-state index contributed by atoms with van der Waals surface area (Å²) in [6.45, 7) is 4.08. The highest BCUT2D eigenvalue weighted by Gasteiger charge is 2.04. The van der Waals surface area contributed by atoms with Crippen molar-refractivity contribution >= 4 is 16.6 Å². The van der Waals surface area contributed by atoms with E-state index in [1.54, 1.807) is 0 Å². The molecule has 0 amide bonds. The molecule has 2 aromatic rings. The lowest BCUT2D eigenvalue weighted by molar-refractivity contribution is 0.812.